The summed E-state index contributed by atoms with van der Waals surface area (Å²) in [6.45, 7) is 14.6. The van der Waals surface area contributed by atoms with Gasteiger partial charge in [0.1, 0.15) is 0 Å². The molecular weight excluding hydrogens is 202 g/mol. The van der Waals surface area contributed by atoms with Crippen LogP contribution in [0.3, 0.4) is 0 Å². The molecule has 1 saturated heterocycles. The van der Waals surface area contributed by atoms with Gasteiger partial charge in [-0.05, 0) is 19.4 Å². The Kier molecular flexibility index (Phi) is 19.7. The number of rotatable bonds is 4. The molecule has 3 nitrogen and oxygen atoms in total. The molecule has 1 aliphatic rings. The monoisotopic (exact) mass is 233 g/mol. The van der Waals surface area contributed by atoms with E-state index in [2.05, 4.69) is 18.7 Å². The van der Waals surface area contributed by atoms with Gasteiger partial charge in [0, 0.05) is 26.8 Å². The van der Waals surface area contributed by atoms with E-state index in [1.54, 1.807) is 7.11 Å². The van der Waals surface area contributed by atoms with Gasteiger partial charge in [0.2, 0.25) is 0 Å². The first-order chi connectivity index (χ1) is 7.85. The highest BCUT2D eigenvalue weighted by Crippen LogP contribution is 1.96. The zero-order valence-electron chi connectivity index (χ0n) is 11.9. The lowest BCUT2D eigenvalue weighted by atomic mass is 10.4. The van der Waals surface area contributed by atoms with E-state index in [0.717, 1.165) is 39.3 Å². The minimum Gasteiger partial charge on any atom is -0.385 e. The Bertz CT molecular complexity index is 99.4. The zero-order chi connectivity index (χ0) is 12.6. The van der Waals surface area contributed by atoms with Crippen molar-refractivity contribution < 1.29 is 9.47 Å². The van der Waals surface area contributed by atoms with Gasteiger partial charge in [0.25, 0.3) is 0 Å². The molecule has 16 heavy (non-hydrogen) atoms. The van der Waals surface area contributed by atoms with Gasteiger partial charge in [-0.25, -0.2) is 0 Å². The maximum Gasteiger partial charge on any atom is 0.0594 e. The summed E-state index contributed by atoms with van der Waals surface area (Å²) in [5, 5.41) is 0. The molecule has 1 heterocycles. The fourth-order valence-electron chi connectivity index (χ4n) is 1.35. The Morgan fingerprint density at radius 2 is 1.62 bits per heavy atom. The summed E-state index contributed by atoms with van der Waals surface area (Å²) in [7, 11) is 1.71. The number of nitrogens with zero attached hydrogens (tertiary/aromatic N) is 1. The van der Waals surface area contributed by atoms with E-state index in [1.807, 2.05) is 13.8 Å². The second-order valence-electron chi connectivity index (χ2n) is 3.45. The van der Waals surface area contributed by atoms with E-state index >= 15 is 0 Å². The molecule has 0 aromatic rings. The first-order valence-electron chi connectivity index (χ1n) is 6.64. The third-order valence-corrected chi connectivity index (χ3v) is 2.05. The quantitative estimate of drug-likeness (QED) is 0.745. The van der Waals surface area contributed by atoms with Gasteiger partial charge in [-0.3, -0.25) is 4.90 Å². The summed E-state index contributed by atoms with van der Waals surface area (Å²) in [5.74, 6) is 0. The third-order valence-electron chi connectivity index (χ3n) is 2.05. The molecule has 0 amide bonds. The summed E-state index contributed by atoms with van der Waals surface area (Å²) in [6, 6.07) is 0. The highest BCUT2D eigenvalue weighted by atomic mass is 16.5. The highest BCUT2D eigenvalue weighted by Gasteiger charge is 2.07. The van der Waals surface area contributed by atoms with Crippen LogP contribution >= 0.6 is 0 Å². The molecule has 0 radical (unpaired) electrons. The van der Waals surface area contributed by atoms with Crippen molar-refractivity contribution in [1.29, 1.82) is 0 Å². The molecule has 0 spiro atoms. The Morgan fingerprint density at radius 3 is 1.94 bits per heavy atom. The zero-order valence-corrected chi connectivity index (χ0v) is 11.9. The molecule has 1 fully saturated rings. The molecule has 0 bridgehead atoms. The van der Waals surface area contributed by atoms with Gasteiger partial charge in [-0.2, -0.15) is 0 Å². The molecule has 0 N–H and O–H groups in total. The normalized spacial score (nSPS) is 15.6. The van der Waals surface area contributed by atoms with Crippen LogP contribution in [-0.4, -0.2) is 51.5 Å². The van der Waals surface area contributed by atoms with Crippen molar-refractivity contribution in [3.05, 3.63) is 0 Å². The Hall–Kier alpha value is -0.120. The second-order valence-corrected chi connectivity index (χ2v) is 3.45. The molecule has 3 heteroatoms. The Morgan fingerprint density at radius 1 is 1.06 bits per heavy atom. The molecule has 0 unspecified atom stereocenters. The van der Waals surface area contributed by atoms with Crippen molar-refractivity contribution >= 4 is 0 Å². The van der Waals surface area contributed by atoms with Gasteiger partial charge in [-0.1, -0.05) is 27.7 Å². The number of morpholine rings is 1. The summed E-state index contributed by atoms with van der Waals surface area (Å²) in [5.41, 5.74) is 0. The van der Waals surface area contributed by atoms with E-state index < -0.39 is 0 Å². The van der Waals surface area contributed by atoms with Crippen molar-refractivity contribution in [3.63, 3.8) is 0 Å². The summed E-state index contributed by atoms with van der Waals surface area (Å²) >= 11 is 0. The van der Waals surface area contributed by atoms with Crippen molar-refractivity contribution in [3.8, 4) is 0 Å². The van der Waals surface area contributed by atoms with E-state index in [4.69, 9.17) is 9.47 Å². The first-order valence-corrected chi connectivity index (χ1v) is 6.64. The molecule has 0 atom stereocenters. The number of hydrogen-bond acceptors (Lipinski definition) is 3. The number of hydrogen-bond donors (Lipinski definition) is 0. The standard InChI is InChI=1S/C7H15NO.C4H10O.C2H6/c1-2-3-8-4-6-9-7-5-8;1-3-4-5-2;1-2/h2-7H2,1H3;3-4H2,1-2H3;1-2H3. The van der Waals surface area contributed by atoms with Gasteiger partial charge in [0.15, 0.2) is 0 Å². The maximum atomic E-state index is 5.20. The topological polar surface area (TPSA) is 21.7 Å². The lowest BCUT2D eigenvalue weighted by molar-refractivity contribution is 0.0380. The van der Waals surface area contributed by atoms with E-state index in [0.29, 0.717) is 0 Å². The SMILES string of the molecule is CC.CCCN1CCOCC1.CCCOC. The fourth-order valence-corrected chi connectivity index (χ4v) is 1.35. The van der Waals surface area contributed by atoms with Gasteiger partial charge >= 0.3 is 0 Å². The van der Waals surface area contributed by atoms with Gasteiger partial charge in [-0.15, -0.1) is 0 Å². The molecule has 0 aromatic heterocycles. The molecule has 1 aliphatic heterocycles. The minimum atomic E-state index is 0.889. The fraction of sp³-hybridized carbons (Fsp3) is 1.00. The highest BCUT2D eigenvalue weighted by molar-refractivity contribution is 4.59. The van der Waals surface area contributed by atoms with Crippen molar-refractivity contribution in [2.75, 3.05) is 46.6 Å². The number of methoxy groups -OCH3 is 1. The maximum absolute atomic E-state index is 5.20. The van der Waals surface area contributed by atoms with Crippen molar-refractivity contribution in [2.24, 2.45) is 0 Å². The van der Waals surface area contributed by atoms with Crippen molar-refractivity contribution in [1.82, 2.24) is 4.90 Å². The molecule has 0 saturated carbocycles. The van der Waals surface area contributed by atoms with E-state index in [-0.39, 0.29) is 0 Å². The molecule has 0 aliphatic carbocycles. The van der Waals surface area contributed by atoms with Crippen molar-refractivity contribution in [2.45, 2.75) is 40.5 Å². The predicted molar refractivity (Wildman–Crippen MR) is 71.1 cm³/mol. The summed E-state index contributed by atoms with van der Waals surface area (Å²) < 4.78 is 9.90. The average molecular weight is 233 g/mol. The Balaban J connectivity index is 0. The molecule has 1 rings (SSSR count). The molecule has 0 aromatic carbocycles. The third kappa shape index (κ3) is 13.9. The number of ether oxygens (including phenoxy) is 2. The van der Waals surface area contributed by atoms with E-state index in [9.17, 15) is 0 Å². The van der Waals surface area contributed by atoms with Crippen LogP contribution in [0.5, 0.6) is 0 Å². The predicted octanol–water partition coefficient (Wildman–Crippen LogP) is 2.80. The molecular formula is C13H31NO2. The van der Waals surface area contributed by atoms with Crippen LogP contribution in [0.15, 0.2) is 0 Å². The smallest absolute Gasteiger partial charge is 0.0594 e. The summed E-state index contributed by atoms with van der Waals surface area (Å²) in [6.07, 6.45) is 2.39. The largest absolute Gasteiger partial charge is 0.385 e. The molecule has 100 valence electrons. The lowest BCUT2D eigenvalue weighted by Gasteiger charge is -2.25. The van der Waals surface area contributed by atoms with Gasteiger partial charge < -0.3 is 9.47 Å². The minimum absolute atomic E-state index is 0.889. The van der Waals surface area contributed by atoms with Crippen LogP contribution in [0.1, 0.15) is 40.5 Å². The van der Waals surface area contributed by atoms with Crippen LogP contribution in [0.4, 0.5) is 0 Å². The first kappa shape index (κ1) is 18.3. The van der Waals surface area contributed by atoms with Crippen LogP contribution < -0.4 is 0 Å². The van der Waals surface area contributed by atoms with Crippen LogP contribution in [0, 0.1) is 0 Å². The van der Waals surface area contributed by atoms with Gasteiger partial charge in [0.05, 0.1) is 13.2 Å². The average Bonchev–Trinajstić information content (AvgIpc) is 2.35. The second kappa shape index (κ2) is 17.3. The van der Waals surface area contributed by atoms with Crippen LogP contribution in [0.25, 0.3) is 0 Å². The van der Waals surface area contributed by atoms with Crippen LogP contribution in [0.2, 0.25) is 0 Å². The summed E-state index contributed by atoms with van der Waals surface area (Å²) in [4.78, 5) is 2.45. The lowest BCUT2D eigenvalue weighted by Crippen LogP contribution is -2.36. The van der Waals surface area contributed by atoms with E-state index in [1.165, 1.54) is 13.0 Å². The van der Waals surface area contributed by atoms with Crippen LogP contribution in [-0.2, 0) is 9.47 Å². The Labute approximate surface area is 102 Å².